The van der Waals surface area contributed by atoms with Crippen LogP contribution < -0.4 is 5.73 Å². The first kappa shape index (κ1) is 5.27. The SMILES string of the molecule is CN(C)C([NH])=O. The fourth-order valence-electron chi connectivity index (χ4n) is 0. The predicted molar refractivity (Wildman–Crippen MR) is 22.2 cm³/mol. The molecule has 0 saturated heterocycles. The smallest absolute Gasteiger partial charge is 0.330 e. The van der Waals surface area contributed by atoms with E-state index in [9.17, 15) is 4.79 Å². The molecule has 0 spiro atoms. The Morgan fingerprint density at radius 1 is 1.67 bits per heavy atom. The summed E-state index contributed by atoms with van der Waals surface area (Å²) in [7, 11) is 3.07. The van der Waals surface area contributed by atoms with Crippen molar-refractivity contribution in [3.8, 4) is 0 Å². The van der Waals surface area contributed by atoms with Crippen LogP contribution in [0.1, 0.15) is 0 Å². The van der Waals surface area contributed by atoms with E-state index in [4.69, 9.17) is 5.73 Å². The lowest BCUT2D eigenvalue weighted by atomic mass is 10.9. The van der Waals surface area contributed by atoms with Gasteiger partial charge in [-0.2, -0.15) is 0 Å². The number of amides is 2. The van der Waals surface area contributed by atoms with Crippen LogP contribution >= 0.6 is 0 Å². The molecule has 0 rings (SSSR count). The largest absolute Gasteiger partial charge is 0.335 e. The minimum Gasteiger partial charge on any atom is -0.330 e. The zero-order chi connectivity index (χ0) is 5.15. The average molecular weight is 87.1 g/mol. The first-order valence-corrected chi connectivity index (χ1v) is 1.57. The monoisotopic (exact) mass is 87.1 g/mol. The lowest BCUT2D eigenvalue weighted by molar-refractivity contribution is 0.225. The molecule has 0 bridgehead atoms. The maximum atomic E-state index is 9.74. The summed E-state index contributed by atoms with van der Waals surface area (Å²) in [5.74, 6) is 0. The van der Waals surface area contributed by atoms with E-state index in [1.165, 1.54) is 19.0 Å². The molecule has 3 heteroatoms. The Morgan fingerprint density at radius 2 is 1.83 bits per heavy atom. The Hall–Kier alpha value is -0.730. The zero-order valence-electron chi connectivity index (χ0n) is 3.86. The van der Waals surface area contributed by atoms with Gasteiger partial charge >= 0.3 is 6.03 Å². The van der Waals surface area contributed by atoms with Crippen LogP contribution in [0.2, 0.25) is 0 Å². The van der Waals surface area contributed by atoms with E-state index in [2.05, 4.69) is 0 Å². The third kappa shape index (κ3) is 1.58. The van der Waals surface area contributed by atoms with Gasteiger partial charge in [-0.15, -0.1) is 0 Å². The van der Waals surface area contributed by atoms with Crippen molar-refractivity contribution in [2.45, 2.75) is 0 Å². The summed E-state index contributed by atoms with van der Waals surface area (Å²) in [6.45, 7) is 0. The molecule has 0 heterocycles. The van der Waals surface area contributed by atoms with Gasteiger partial charge in [-0.1, -0.05) is 0 Å². The Bertz CT molecular complexity index is 59.8. The summed E-state index contributed by atoms with van der Waals surface area (Å²) in [6.07, 6.45) is 0. The fraction of sp³-hybridized carbons (Fsp3) is 0.667. The summed E-state index contributed by atoms with van der Waals surface area (Å²) in [5, 5.41) is 0. The molecule has 1 radical (unpaired) electrons. The Kier molecular flexibility index (Phi) is 1.44. The van der Waals surface area contributed by atoms with E-state index in [1.807, 2.05) is 0 Å². The second kappa shape index (κ2) is 1.64. The van der Waals surface area contributed by atoms with Crippen LogP contribution in [-0.2, 0) is 0 Å². The third-order valence-corrected chi connectivity index (χ3v) is 0.406. The van der Waals surface area contributed by atoms with Crippen molar-refractivity contribution in [1.82, 2.24) is 10.6 Å². The van der Waals surface area contributed by atoms with Crippen LogP contribution in [-0.4, -0.2) is 25.0 Å². The molecule has 0 aliphatic carbocycles. The van der Waals surface area contributed by atoms with Crippen LogP contribution in [0, 0.1) is 0 Å². The summed E-state index contributed by atoms with van der Waals surface area (Å²) in [6, 6.07) is -0.657. The van der Waals surface area contributed by atoms with Gasteiger partial charge in [-0.05, 0) is 0 Å². The van der Waals surface area contributed by atoms with E-state index < -0.39 is 6.03 Å². The van der Waals surface area contributed by atoms with E-state index in [1.54, 1.807) is 0 Å². The van der Waals surface area contributed by atoms with Gasteiger partial charge in [0, 0.05) is 14.1 Å². The molecular weight excluding hydrogens is 80.0 g/mol. The summed E-state index contributed by atoms with van der Waals surface area (Å²) >= 11 is 0. The summed E-state index contributed by atoms with van der Waals surface area (Å²) in [4.78, 5) is 10.9. The molecule has 6 heavy (non-hydrogen) atoms. The Labute approximate surface area is 36.7 Å². The van der Waals surface area contributed by atoms with Gasteiger partial charge in [0.1, 0.15) is 0 Å². The first-order chi connectivity index (χ1) is 2.64. The van der Waals surface area contributed by atoms with Crippen LogP contribution in [0.15, 0.2) is 0 Å². The molecule has 0 saturated carbocycles. The number of hydrogen-bond donors (Lipinski definition) is 0. The second-order valence-corrected chi connectivity index (χ2v) is 1.20. The van der Waals surface area contributed by atoms with Crippen molar-refractivity contribution in [3.05, 3.63) is 0 Å². The molecule has 0 fully saturated rings. The van der Waals surface area contributed by atoms with Gasteiger partial charge in [0.05, 0.1) is 0 Å². The predicted octanol–water partition coefficient (Wildman–Crippen LogP) is -0.0491. The van der Waals surface area contributed by atoms with E-state index in [-0.39, 0.29) is 0 Å². The first-order valence-electron chi connectivity index (χ1n) is 1.57. The molecule has 1 N–H and O–H groups in total. The topological polar surface area (TPSA) is 44.1 Å². The van der Waals surface area contributed by atoms with E-state index in [0.717, 1.165) is 0 Å². The number of rotatable bonds is 0. The highest BCUT2D eigenvalue weighted by molar-refractivity contribution is 5.70. The number of carbonyl (C=O) groups excluding carboxylic acids is 1. The van der Waals surface area contributed by atoms with Crippen molar-refractivity contribution in [2.24, 2.45) is 0 Å². The highest BCUT2D eigenvalue weighted by atomic mass is 16.2. The van der Waals surface area contributed by atoms with Crippen LogP contribution in [0.4, 0.5) is 4.79 Å². The second-order valence-electron chi connectivity index (χ2n) is 1.20. The standard InChI is InChI=1S/C3H7N2O/c1-5(2)3(4)6/h4H,1-2H3. The molecule has 0 aliphatic rings. The van der Waals surface area contributed by atoms with Gasteiger partial charge in [-0.3, -0.25) is 0 Å². The van der Waals surface area contributed by atoms with Crippen molar-refractivity contribution < 1.29 is 4.79 Å². The van der Waals surface area contributed by atoms with E-state index >= 15 is 0 Å². The Morgan fingerprint density at radius 3 is 1.83 bits per heavy atom. The minimum absolute atomic E-state index is 0.657. The molecule has 0 unspecified atom stereocenters. The summed E-state index contributed by atoms with van der Waals surface area (Å²) in [5.41, 5.74) is 6.32. The molecule has 0 aromatic carbocycles. The molecule has 0 aromatic heterocycles. The van der Waals surface area contributed by atoms with Crippen molar-refractivity contribution in [3.63, 3.8) is 0 Å². The number of nitrogens with one attached hydrogen (secondary N) is 1. The highest BCUT2D eigenvalue weighted by Crippen LogP contribution is 1.68. The van der Waals surface area contributed by atoms with Gasteiger partial charge in [0.2, 0.25) is 0 Å². The third-order valence-electron chi connectivity index (χ3n) is 0.406. The fourth-order valence-corrected chi connectivity index (χ4v) is 0. The van der Waals surface area contributed by atoms with Crippen LogP contribution in [0.5, 0.6) is 0 Å². The van der Waals surface area contributed by atoms with Crippen molar-refractivity contribution in [1.29, 1.82) is 0 Å². The highest BCUT2D eigenvalue weighted by Gasteiger charge is 1.90. The number of urea groups is 1. The summed E-state index contributed by atoms with van der Waals surface area (Å²) < 4.78 is 0. The lowest BCUT2D eigenvalue weighted by Gasteiger charge is -2.00. The van der Waals surface area contributed by atoms with Crippen LogP contribution in [0.25, 0.3) is 0 Å². The van der Waals surface area contributed by atoms with Crippen molar-refractivity contribution >= 4 is 6.03 Å². The van der Waals surface area contributed by atoms with Crippen molar-refractivity contribution in [2.75, 3.05) is 14.1 Å². The number of carbonyl (C=O) groups is 1. The average Bonchev–Trinajstić information content (AvgIpc) is 1.36. The van der Waals surface area contributed by atoms with Gasteiger partial charge < -0.3 is 4.90 Å². The lowest BCUT2D eigenvalue weighted by Crippen LogP contribution is -2.19. The number of hydrogen-bond acceptors (Lipinski definition) is 1. The van der Waals surface area contributed by atoms with Gasteiger partial charge in [0.15, 0.2) is 0 Å². The molecule has 0 atom stereocenters. The van der Waals surface area contributed by atoms with E-state index in [0.29, 0.717) is 0 Å². The quantitative estimate of drug-likeness (QED) is 0.408. The molecular formula is C3H7N2O. The molecule has 2 amide bonds. The molecule has 0 aromatic rings. The molecule has 35 valence electrons. The minimum atomic E-state index is -0.657. The Balaban J connectivity index is 3.26. The normalized spacial score (nSPS) is 7.67. The maximum absolute atomic E-state index is 9.74. The number of nitrogens with zero attached hydrogens (tertiary/aromatic N) is 1. The molecule has 0 aliphatic heterocycles. The maximum Gasteiger partial charge on any atom is 0.335 e. The van der Waals surface area contributed by atoms with Crippen LogP contribution in [0.3, 0.4) is 0 Å². The van der Waals surface area contributed by atoms with Gasteiger partial charge in [0.25, 0.3) is 0 Å². The molecule has 3 nitrogen and oxygen atoms in total. The van der Waals surface area contributed by atoms with Gasteiger partial charge in [-0.25, -0.2) is 10.5 Å². The zero-order valence-corrected chi connectivity index (χ0v) is 3.86.